The number of nitrogens with one attached hydrogen (secondary N) is 2. The van der Waals surface area contributed by atoms with Gasteiger partial charge in [0.05, 0.1) is 6.54 Å². The molecule has 0 aliphatic carbocycles. The molecule has 2 rings (SSSR count). The van der Waals surface area contributed by atoms with Crippen LogP contribution >= 0.6 is 0 Å². The highest BCUT2D eigenvalue weighted by Crippen LogP contribution is 2.17. The van der Waals surface area contributed by atoms with Gasteiger partial charge in [-0.2, -0.15) is 13.1 Å². The highest BCUT2D eigenvalue weighted by Gasteiger charge is 2.10. The number of rotatable bonds is 4. The van der Waals surface area contributed by atoms with E-state index in [2.05, 4.69) is 14.6 Å². The Balaban J connectivity index is 2.22. The van der Waals surface area contributed by atoms with Crippen LogP contribution in [-0.4, -0.2) is 20.6 Å². The maximum atomic E-state index is 11.1. The molecule has 2 N–H and O–H groups in total. The molecule has 0 spiro atoms. The van der Waals surface area contributed by atoms with E-state index in [1.165, 1.54) is 7.05 Å². The average molecular weight is 241 g/mol. The normalized spacial score (nSPS) is 12.1. The summed E-state index contributed by atoms with van der Waals surface area (Å²) in [5, 5.41) is 4.61. The molecule has 1 aromatic carbocycles. The van der Waals surface area contributed by atoms with Gasteiger partial charge >= 0.3 is 0 Å². The lowest BCUT2D eigenvalue weighted by Gasteiger charge is -2.01. The second-order valence-electron chi connectivity index (χ2n) is 3.15. The van der Waals surface area contributed by atoms with Gasteiger partial charge in [-0.1, -0.05) is 17.3 Å². The zero-order valence-corrected chi connectivity index (χ0v) is 9.41. The van der Waals surface area contributed by atoms with E-state index in [0.717, 1.165) is 5.39 Å². The Labute approximate surface area is 92.8 Å². The molecular formula is C9H11N3O3S. The molecule has 0 aliphatic heterocycles. The van der Waals surface area contributed by atoms with E-state index in [4.69, 9.17) is 4.52 Å². The number of aromatic nitrogens is 1. The van der Waals surface area contributed by atoms with Crippen LogP contribution in [-0.2, 0) is 16.8 Å². The maximum Gasteiger partial charge on any atom is 0.277 e. The lowest BCUT2D eigenvalue weighted by Crippen LogP contribution is -2.33. The van der Waals surface area contributed by atoms with Crippen molar-refractivity contribution < 1.29 is 12.9 Å². The summed E-state index contributed by atoms with van der Waals surface area (Å²) in [7, 11) is -2.11. The number of fused-ring (bicyclic) bond motifs is 1. The first-order chi connectivity index (χ1) is 7.62. The van der Waals surface area contributed by atoms with Crippen LogP contribution in [0.2, 0.25) is 0 Å². The predicted octanol–water partition coefficient (Wildman–Crippen LogP) is 0.382. The molecular weight excluding hydrogens is 230 g/mol. The van der Waals surface area contributed by atoms with Gasteiger partial charge in [0.25, 0.3) is 10.2 Å². The van der Waals surface area contributed by atoms with Crippen molar-refractivity contribution >= 4 is 21.2 Å². The van der Waals surface area contributed by atoms with E-state index < -0.39 is 10.2 Å². The van der Waals surface area contributed by atoms with E-state index in [1.807, 2.05) is 18.2 Å². The molecule has 0 radical (unpaired) electrons. The van der Waals surface area contributed by atoms with Gasteiger partial charge in [-0.3, -0.25) is 0 Å². The fourth-order valence-corrected chi connectivity index (χ4v) is 1.77. The molecule has 7 heteroatoms. The summed E-state index contributed by atoms with van der Waals surface area (Å²) in [5.41, 5.74) is 1.20. The molecule has 0 bridgehead atoms. The molecule has 0 atom stereocenters. The predicted molar refractivity (Wildman–Crippen MR) is 58.8 cm³/mol. The van der Waals surface area contributed by atoms with Crippen molar-refractivity contribution in [1.29, 1.82) is 0 Å². The summed E-state index contributed by atoms with van der Waals surface area (Å²) >= 11 is 0. The summed E-state index contributed by atoms with van der Waals surface area (Å²) in [6.45, 7) is 0.0974. The van der Waals surface area contributed by atoms with Gasteiger partial charge < -0.3 is 4.52 Å². The Bertz CT molecular complexity index is 591. The Morgan fingerprint density at radius 1 is 1.38 bits per heavy atom. The Morgan fingerprint density at radius 2 is 2.12 bits per heavy atom. The minimum absolute atomic E-state index is 0.0974. The van der Waals surface area contributed by atoms with Gasteiger partial charge in [0, 0.05) is 12.4 Å². The Hall–Kier alpha value is -1.44. The summed E-state index contributed by atoms with van der Waals surface area (Å²) in [6, 6.07) is 7.28. The first-order valence-electron chi connectivity index (χ1n) is 4.64. The first kappa shape index (κ1) is 11.1. The topological polar surface area (TPSA) is 84.2 Å². The Kier molecular flexibility index (Phi) is 2.90. The molecule has 0 saturated carbocycles. The van der Waals surface area contributed by atoms with E-state index in [1.54, 1.807) is 6.07 Å². The SMILES string of the molecule is CNS(=O)(=O)NCc1noc2ccccc12. The third-order valence-electron chi connectivity index (χ3n) is 2.15. The van der Waals surface area contributed by atoms with Gasteiger partial charge in [-0.05, 0) is 12.1 Å². The van der Waals surface area contributed by atoms with Crippen molar-refractivity contribution in [2.24, 2.45) is 0 Å². The molecule has 0 amide bonds. The minimum atomic E-state index is -3.45. The van der Waals surface area contributed by atoms with Crippen molar-refractivity contribution in [2.75, 3.05) is 7.05 Å². The van der Waals surface area contributed by atoms with Crippen LogP contribution in [0.25, 0.3) is 11.0 Å². The van der Waals surface area contributed by atoms with Gasteiger partial charge in [-0.25, -0.2) is 4.72 Å². The fraction of sp³-hybridized carbons (Fsp3) is 0.222. The van der Waals surface area contributed by atoms with E-state index in [0.29, 0.717) is 11.3 Å². The molecule has 0 unspecified atom stereocenters. The van der Waals surface area contributed by atoms with Crippen molar-refractivity contribution in [1.82, 2.24) is 14.6 Å². The summed E-state index contributed by atoms with van der Waals surface area (Å²) in [6.07, 6.45) is 0. The lowest BCUT2D eigenvalue weighted by molar-refractivity contribution is 0.444. The number of hydrogen-bond acceptors (Lipinski definition) is 4. The van der Waals surface area contributed by atoms with Crippen LogP contribution in [0.1, 0.15) is 5.69 Å². The van der Waals surface area contributed by atoms with Crippen LogP contribution in [0.5, 0.6) is 0 Å². The number of para-hydroxylation sites is 1. The highest BCUT2D eigenvalue weighted by atomic mass is 32.2. The quantitative estimate of drug-likeness (QED) is 0.810. The third kappa shape index (κ3) is 2.21. The number of nitrogens with zero attached hydrogens (tertiary/aromatic N) is 1. The van der Waals surface area contributed by atoms with Gasteiger partial charge in [0.15, 0.2) is 5.58 Å². The fourth-order valence-electron chi connectivity index (χ4n) is 1.30. The first-order valence-corrected chi connectivity index (χ1v) is 6.12. The molecule has 6 nitrogen and oxygen atoms in total. The van der Waals surface area contributed by atoms with Crippen LogP contribution in [0.15, 0.2) is 28.8 Å². The minimum Gasteiger partial charge on any atom is -0.356 e. The molecule has 2 aromatic rings. The van der Waals surface area contributed by atoms with Crippen molar-refractivity contribution in [2.45, 2.75) is 6.54 Å². The van der Waals surface area contributed by atoms with Crippen LogP contribution in [0.4, 0.5) is 0 Å². The summed E-state index contributed by atoms with van der Waals surface area (Å²) < 4.78 is 31.8. The molecule has 0 aliphatic rings. The molecule has 1 aromatic heterocycles. The molecule has 16 heavy (non-hydrogen) atoms. The van der Waals surface area contributed by atoms with Crippen LogP contribution in [0, 0.1) is 0 Å². The molecule has 0 saturated heterocycles. The van der Waals surface area contributed by atoms with Gasteiger partial charge in [0.1, 0.15) is 5.69 Å². The number of hydrogen-bond donors (Lipinski definition) is 2. The molecule has 0 fully saturated rings. The molecule has 86 valence electrons. The second kappa shape index (κ2) is 4.20. The van der Waals surface area contributed by atoms with Gasteiger partial charge in [0.2, 0.25) is 0 Å². The van der Waals surface area contributed by atoms with Crippen molar-refractivity contribution in [3.63, 3.8) is 0 Å². The van der Waals surface area contributed by atoms with E-state index in [9.17, 15) is 8.42 Å². The smallest absolute Gasteiger partial charge is 0.277 e. The monoisotopic (exact) mass is 241 g/mol. The average Bonchev–Trinajstić information content (AvgIpc) is 2.70. The van der Waals surface area contributed by atoms with Crippen molar-refractivity contribution in [3.05, 3.63) is 30.0 Å². The standard InChI is InChI=1S/C9H11N3O3S/c1-10-16(13,14)11-6-8-7-4-2-3-5-9(7)15-12-8/h2-5,10-11H,6H2,1H3. The summed E-state index contributed by atoms with van der Waals surface area (Å²) in [4.78, 5) is 0. The van der Waals surface area contributed by atoms with E-state index >= 15 is 0 Å². The van der Waals surface area contributed by atoms with Gasteiger partial charge in [-0.15, -0.1) is 0 Å². The van der Waals surface area contributed by atoms with E-state index in [-0.39, 0.29) is 6.54 Å². The number of benzene rings is 1. The molecule has 1 heterocycles. The highest BCUT2D eigenvalue weighted by molar-refractivity contribution is 7.87. The Morgan fingerprint density at radius 3 is 2.88 bits per heavy atom. The second-order valence-corrected chi connectivity index (χ2v) is 4.86. The zero-order chi connectivity index (χ0) is 11.6. The largest absolute Gasteiger partial charge is 0.356 e. The van der Waals surface area contributed by atoms with Crippen molar-refractivity contribution in [3.8, 4) is 0 Å². The lowest BCUT2D eigenvalue weighted by atomic mass is 10.2. The summed E-state index contributed by atoms with van der Waals surface area (Å²) in [5.74, 6) is 0. The van der Waals surface area contributed by atoms with Crippen LogP contribution < -0.4 is 9.44 Å². The maximum absolute atomic E-state index is 11.1. The zero-order valence-electron chi connectivity index (χ0n) is 8.60. The van der Waals surface area contributed by atoms with Crippen LogP contribution in [0.3, 0.4) is 0 Å². The third-order valence-corrected chi connectivity index (χ3v) is 3.21.